The molecule has 0 aliphatic carbocycles. The summed E-state index contributed by atoms with van der Waals surface area (Å²) in [6.07, 6.45) is 1.70. The number of ether oxygens (including phenoxy) is 3. The first-order valence-electron chi connectivity index (χ1n) is 10.1. The maximum atomic E-state index is 12.1. The molecule has 5 heteroatoms. The number of benzene rings is 3. The lowest BCUT2D eigenvalue weighted by molar-refractivity contribution is -0.129. The molecule has 0 amide bonds. The van der Waals surface area contributed by atoms with Gasteiger partial charge >= 0.3 is 5.97 Å². The van der Waals surface area contributed by atoms with Gasteiger partial charge in [0.25, 0.3) is 0 Å². The molecule has 0 aromatic heterocycles. The Balaban J connectivity index is 1.33. The van der Waals surface area contributed by atoms with Crippen LogP contribution in [0, 0.1) is 13.8 Å². The molecule has 0 saturated carbocycles. The van der Waals surface area contributed by atoms with Crippen molar-refractivity contribution in [3.05, 3.63) is 101 Å². The molecule has 156 valence electrons. The third-order valence-electron chi connectivity index (χ3n) is 4.76. The van der Waals surface area contributed by atoms with E-state index in [1.807, 2.05) is 73.7 Å². The minimum Gasteiger partial charge on any atom is -0.490 e. The molecule has 1 aliphatic heterocycles. The molecule has 31 heavy (non-hydrogen) atoms. The van der Waals surface area contributed by atoms with Gasteiger partial charge in [0, 0.05) is 5.56 Å². The van der Waals surface area contributed by atoms with E-state index < -0.39 is 5.97 Å². The summed E-state index contributed by atoms with van der Waals surface area (Å²) in [6, 6.07) is 22.9. The third-order valence-corrected chi connectivity index (χ3v) is 4.76. The monoisotopic (exact) mass is 413 g/mol. The summed E-state index contributed by atoms with van der Waals surface area (Å²) in [5.41, 5.74) is 4.20. The van der Waals surface area contributed by atoms with Crippen molar-refractivity contribution in [2.45, 2.75) is 13.8 Å². The SMILES string of the molecule is Cc1ccc(OCCOc2ccc(/C=C3\N=C(c4ccccc4)OC3=O)cc2)c(C)c1. The Bertz CT molecular complexity index is 1130. The minimum absolute atomic E-state index is 0.273. The van der Waals surface area contributed by atoms with Gasteiger partial charge in [-0.15, -0.1) is 0 Å². The summed E-state index contributed by atoms with van der Waals surface area (Å²) in [5, 5.41) is 0. The van der Waals surface area contributed by atoms with Crippen LogP contribution in [0.5, 0.6) is 11.5 Å². The Hall–Kier alpha value is -3.86. The van der Waals surface area contributed by atoms with E-state index in [0.29, 0.717) is 19.1 Å². The average molecular weight is 413 g/mol. The van der Waals surface area contributed by atoms with Gasteiger partial charge < -0.3 is 14.2 Å². The summed E-state index contributed by atoms with van der Waals surface area (Å²) < 4.78 is 16.8. The van der Waals surface area contributed by atoms with E-state index in [1.54, 1.807) is 6.08 Å². The normalized spacial score (nSPS) is 14.3. The molecule has 5 nitrogen and oxygen atoms in total. The number of aryl methyl sites for hydroxylation is 2. The van der Waals surface area contributed by atoms with Crippen LogP contribution >= 0.6 is 0 Å². The van der Waals surface area contributed by atoms with Crippen LogP contribution in [-0.2, 0) is 9.53 Å². The summed E-state index contributed by atoms with van der Waals surface area (Å²) in [6.45, 7) is 4.98. The van der Waals surface area contributed by atoms with Gasteiger partial charge in [-0.1, -0.05) is 48.0 Å². The van der Waals surface area contributed by atoms with E-state index in [2.05, 4.69) is 18.0 Å². The number of rotatable bonds is 7. The Labute approximate surface area is 181 Å². The van der Waals surface area contributed by atoms with Crippen molar-refractivity contribution < 1.29 is 19.0 Å². The van der Waals surface area contributed by atoms with Gasteiger partial charge in [0.15, 0.2) is 5.70 Å². The van der Waals surface area contributed by atoms with E-state index >= 15 is 0 Å². The molecule has 0 N–H and O–H groups in total. The summed E-state index contributed by atoms with van der Waals surface area (Å²) >= 11 is 0. The van der Waals surface area contributed by atoms with Crippen molar-refractivity contribution in [3.63, 3.8) is 0 Å². The van der Waals surface area contributed by atoms with Gasteiger partial charge in [-0.25, -0.2) is 9.79 Å². The molecular formula is C26H23NO4. The zero-order valence-corrected chi connectivity index (χ0v) is 17.5. The first-order valence-corrected chi connectivity index (χ1v) is 10.1. The minimum atomic E-state index is -0.456. The molecule has 3 aromatic rings. The van der Waals surface area contributed by atoms with E-state index in [-0.39, 0.29) is 5.70 Å². The molecule has 4 rings (SSSR count). The summed E-state index contributed by atoms with van der Waals surface area (Å²) in [5.74, 6) is 1.47. The largest absolute Gasteiger partial charge is 0.490 e. The van der Waals surface area contributed by atoms with Gasteiger partial charge in [0.05, 0.1) is 0 Å². The molecule has 0 unspecified atom stereocenters. The van der Waals surface area contributed by atoms with Gasteiger partial charge in [0.1, 0.15) is 24.7 Å². The Kier molecular flexibility index (Phi) is 6.13. The van der Waals surface area contributed by atoms with Gasteiger partial charge in [0.2, 0.25) is 5.90 Å². The summed E-state index contributed by atoms with van der Waals surface area (Å²) in [4.78, 5) is 16.4. The number of hydrogen-bond donors (Lipinski definition) is 0. The lowest BCUT2D eigenvalue weighted by Crippen LogP contribution is -2.09. The highest BCUT2D eigenvalue weighted by Gasteiger charge is 2.23. The number of hydrogen-bond acceptors (Lipinski definition) is 5. The van der Waals surface area contributed by atoms with Crippen LogP contribution in [0.3, 0.4) is 0 Å². The van der Waals surface area contributed by atoms with Crippen LogP contribution in [0.25, 0.3) is 6.08 Å². The van der Waals surface area contributed by atoms with Crippen LogP contribution in [0.2, 0.25) is 0 Å². The van der Waals surface area contributed by atoms with E-state index in [0.717, 1.165) is 28.2 Å². The molecule has 1 heterocycles. The quantitative estimate of drug-likeness (QED) is 0.307. The lowest BCUT2D eigenvalue weighted by Gasteiger charge is -2.11. The van der Waals surface area contributed by atoms with Crippen molar-refractivity contribution in [2.24, 2.45) is 4.99 Å². The Morgan fingerprint density at radius 3 is 2.39 bits per heavy atom. The highest BCUT2D eigenvalue weighted by atomic mass is 16.6. The van der Waals surface area contributed by atoms with E-state index in [1.165, 1.54) is 5.56 Å². The molecule has 1 aliphatic rings. The first kappa shape index (κ1) is 20.4. The maximum Gasteiger partial charge on any atom is 0.363 e. The zero-order chi connectivity index (χ0) is 21.6. The van der Waals surface area contributed by atoms with Gasteiger partial charge in [-0.3, -0.25) is 0 Å². The highest BCUT2D eigenvalue weighted by Crippen LogP contribution is 2.21. The second-order valence-electron chi connectivity index (χ2n) is 7.24. The van der Waals surface area contributed by atoms with Crippen LogP contribution < -0.4 is 9.47 Å². The molecule has 0 saturated heterocycles. The molecular weight excluding hydrogens is 390 g/mol. The lowest BCUT2D eigenvalue weighted by atomic mass is 10.1. The fraction of sp³-hybridized carbons (Fsp3) is 0.154. The predicted molar refractivity (Wildman–Crippen MR) is 120 cm³/mol. The van der Waals surface area contributed by atoms with Crippen LogP contribution in [-0.4, -0.2) is 25.1 Å². The van der Waals surface area contributed by atoms with Gasteiger partial charge in [-0.05, 0) is 61.4 Å². The van der Waals surface area contributed by atoms with Crippen molar-refractivity contribution in [1.29, 1.82) is 0 Å². The second kappa shape index (κ2) is 9.30. The topological polar surface area (TPSA) is 57.1 Å². The van der Waals surface area contributed by atoms with Crippen molar-refractivity contribution >= 4 is 17.9 Å². The molecule has 0 spiro atoms. The van der Waals surface area contributed by atoms with Crippen molar-refractivity contribution in [2.75, 3.05) is 13.2 Å². The molecule has 3 aromatic carbocycles. The van der Waals surface area contributed by atoms with Gasteiger partial charge in [-0.2, -0.15) is 0 Å². The van der Waals surface area contributed by atoms with Crippen LogP contribution in [0.1, 0.15) is 22.3 Å². The number of carbonyl (C=O) groups excluding carboxylic acids is 1. The van der Waals surface area contributed by atoms with Crippen LogP contribution in [0.4, 0.5) is 0 Å². The molecule has 0 bridgehead atoms. The van der Waals surface area contributed by atoms with E-state index in [4.69, 9.17) is 14.2 Å². The number of aliphatic imine (C=N–C) groups is 1. The van der Waals surface area contributed by atoms with Crippen molar-refractivity contribution in [3.8, 4) is 11.5 Å². The fourth-order valence-corrected chi connectivity index (χ4v) is 3.20. The second-order valence-corrected chi connectivity index (χ2v) is 7.24. The highest BCUT2D eigenvalue weighted by molar-refractivity contribution is 6.12. The number of nitrogens with zero attached hydrogens (tertiary/aromatic N) is 1. The third kappa shape index (κ3) is 5.20. The Morgan fingerprint density at radius 2 is 1.65 bits per heavy atom. The van der Waals surface area contributed by atoms with Crippen LogP contribution in [0.15, 0.2) is 83.5 Å². The standard InChI is InChI=1S/C26H23NO4/c1-18-8-13-24(19(2)16-18)30-15-14-29-22-11-9-20(10-12-22)17-23-26(28)31-25(27-23)21-6-4-3-5-7-21/h3-13,16-17H,14-15H2,1-2H3/b23-17-. The first-order chi connectivity index (χ1) is 15.1. The fourth-order valence-electron chi connectivity index (χ4n) is 3.20. The smallest absolute Gasteiger partial charge is 0.363 e. The Morgan fingerprint density at radius 1 is 0.903 bits per heavy atom. The molecule has 0 radical (unpaired) electrons. The average Bonchev–Trinajstić information content (AvgIpc) is 3.14. The summed E-state index contributed by atoms with van der Waals surface area (Å²) in [7, 11) is 0. The van der Waals surface area contributed by atoms with E-state index in [9.17, 15) is 4.79 Å². The zero-order valence-electron chi connectivity index (χ0n) is 17.5. The van der Waals surface area contributed by atoms with Crippen molar-refractivity contribution in [1.82, 2.24) is 0 Å². The maximum absolute atomic E-state index is 12.1. The molecule has 0 fully saturated rings. The number of carbonyl (C=O) groups is 1. The number of esters is 1. The predicted octanol–water partition coefficient (Wildman–Crippen LogP) is 5.11. The molecule has 0 atom stereocenters. The number of cyclic esters (lactones) is 1.